The molecule has 13 heteroatoms. The Morgan fingerprint density at radius 1 is 1.37 bits per heavy atom. The highest BCUT2D eigenvalue weighted by Crippen LogP contribution is 2.33. The van der Waals surface area contributed by atoms with Gasteiger partial charge >= 0.3 is 6.36 Å². The second-order valence-electron chi connectivity index (χ2n) is 5.06. The molecular weight excluding hydrogens is 389 g/mol. The van der Waals surface area contributed by atoms with Crippen molar-refractivity contribution in [2.24, 2.45) is 0 Å². The first-order valence-corrected chi connectivity index (χ1v) is 8.18. The number of hydrogen-bond donors (Lipinski definition) is 4. The molecule has 0 radical (unpaired) electrons. The van der Waals surface area contributed by atoms with E-state index in [-0.39, 0.29) is 17.4 Å². The molecule has 0 atom stereocenters. The van der Waals surface area contributed by atoms with Gasteiger partial charge in [-0.05, 0) is 12.1 Å². The number of nitrogens with zero attached hydrogens (tertiary/aromatic N) is 3. The number of amides is 1. The van der Waals surface area contributed by atoms with Crippen molar-refractivity contribution in [2.75, 3.05) is 16.8 Å². The number of carbonyl (C=O) groups excluding carboxylic acids is 1. The number of rotatable bonds is 5. The average Bonchev–Trinajstić information content (AvgIpc) is 3.02. The maximum atomic E-state index is 12.3. The van der Waals surface area contributed by atoms with Crippen molar-refractivity contribution < 1.29 is 27.8 Å². The highest BCUT2D eigenvalue weighted by molar-refractivity contribution is 8.00. The lowest BCUT2D eigenvalue weighted by molar-refractivity contribution is -0.275. The van der Waals surface area contributed by atoms with Gasteiger partial charge < -0.3 is 25.9 Å². The topological polar surface area (TPSA) is 139 Å². The Hall–Kier alpha value is -3.22. The van der Waals surface area contributed by atoms with Gasteiger partial charge in [0.1, 0.15) is 10.5 Å². The fourth-order valence-corrected chi connectivity index (χ4v) is 2.85. The van der Waals surface area contributed by atoms with Crippen LogP contribution in [0.2, 0.25) is 0 Å². The summed E-state index contributed by atoms with van der Waals surface area (Å²) in [4.78, 5) is 26.8. The molecule has 0 spiro atoms. The van der Waals surface area contributed by atoms with Crippen molar-refractivity contribution in [3.63, 3.8) is 0 Å². The Labute approximate surface area is 153 Å². The normalized spacial score (nSPS) is 11.5. The molecule has 142 valence electrons. The van der Waals surface area contributed by atoms with Crippen molar-refractivity contribution in [3.8, 4) is 11.5 Å². The molecule has 9 nitrogen and oxygen atoms in total. The summed E-state index contributed by atoms with van der Waals surface area (Å²) in [7, 11) is 0. The number of H-pyrrole nitrogens is 1. The predicted octanol–water partition coefficient (Wildman–Crippen LogP) is 2.27. The van der Waals surface area contributed by atoms with Gasteiger partial charge in [-0.15, -0.1) is 13.2 Å². The van der Waals surface area contributed by atoms with Crippen molar-refractivity contribution in [3.05, 3.63) is 24.5 Å². The zero-order valence-electron chi connectivity index (χ0n) is 13.2. The third kappa shape index (κ3) is 4.69. The van der Waals surface area contributed by atoms with Gasteiger partial charge in [0.15, 0.2) is 17.1 Å². The molecular formula is C14H11F3N6O3S. The lowest BCUT2D eigenvalue weighted by Gasteiger charge is -2.12. The van der Waals surface area contributed by atoms with Crippen LogP contribution in [0.3, 0.4) is 0 Å². The number of hydrogen-bond acceptors (Lipinski definition) is 8. The van der Waals surface area contributed by atoms with Gasteiger partial charge in [0.05, 0.1) is 12.1 Å². The van der Waals surface area contributed by atoms with Crippen LogP contribution in [0.15, 0.2) is 29.6 Å². The number of phenols is 1. The highest BCUT2D eigenvalue weighted by Gasteiger charge is 2.32. The van der Waals surface area contributed by atoms with Crippen LogP contribution in [0.4, 0.5) is 24.8 Å². The Morgan fingerprint density at radius 3 is 2.89 bits per heavy atom. The second kappa shape index (κ2) is 7.19. The molecule has 27 heavy (non-hydrogen) atoms. The van der Waals surface area contributed by atoms with Crippen LogP contribution in [-0.2, 0) is 4.79 Å². The molecule has 0 bridgehead atoms. The molecule has 1 aromatic carbocycles. The number of imidazole rings is 1. The van der Waals surface area contributed by atoms with E-state index < -0.39 is 23.8 Å². The number of ether oxygens (including phenoxy) is 1. The molecule has 3 aromatic rings. The predicted molar refractivity (Wildman–Crippen MR) is 90.2 cm³/mol. The average molecular weight is 400 g/mol. The van der Waals surface area contributed by atoms with Gasteiger partial charge in [-0.3, -0.25) is 4.79 Å². The molecule has 2 aromatic heterocycles. The lowest BCUT2D eigenvalue weighted by atomic mass is 10.2. The summed E-state index contributed by atoms with van der Waals surface area (Å²) in [5.41, 5.74) is 6.45. The molecule has 0 unspecified atom stereocenters. The largest absolute Gasteiger partial charge is 0.573 e. The van der Waals surface area contributed by atoms with E-state index in [1.54, 1.807) is 0 Å². The number of aromatic nitrogens is 4. The van der Waals surface area contributed by atoms with E-state index in [0.29, 0.717) is 16.2 Å². The van der Waals surface area contributed by atoms with Crippen LogP contribution in [0.1, 0.15) is 0 Å². The molecule has 2 heterocycles. The summed E-state index contributed by atoms with van der Waals surface area (Å²) >= 11 is 1.04. The lowest BCUT2D eigenvalue weighted by Crippen LogP contribution is -2.18. The first kappa shape index (κ1) is 18.6. The van der Waals surface area contributed by atoms with E-state index in [1.165, 1.54) is 12.4 Å². The molecule has 1 amide bonds. The molecule has 0 aliphatic carbocycles. The fourth-order valence-electron chi connectivity index (χ4n) is 2.06. The summed E-state index contributed by atoms with van der Waals surface area (Å²) in [6, 6.07) is 3.07. The van der Waals surface area contributed by atoms with Gasteiger partial charge in [-0.1, -0.05) is 11.8 Å². The molecule has 0 saturated carbocycles. The second-order valence-corrected chi connectivity index (χ2v) is 6.02. The standard InChI is InChI=1S/C14H11F3N6O3S/c15-14(16,17)26-8-3-6(1-2-7(8)24)21-9(25)4-27-12-10-11(20-5-19-10)22-13(18)23-12/h1-3,5,24H,4H2,(H,21,25)(H3,18,19,20,22,23). The van der Waals surface area contributed by atoms with E-state index in [2.05, 4.69) is 30.0 Å². The van der Waals surface area contributed by atoms with E-state index in [0.717, 1.165) is 23.9 Å². The summed E-state index contributed by atoms with van der Waals surface area (Å²) in [5.74, 6) is -2.17. The minimum atomic E-state index is -4.97. The number of aromatic amines is 1. The fraction of sp³-hybridized carbons (Fsp3) is 0.143. The summed E-state index contributed by atoms with van der Waals surface area (Å²) < 4.78 is 40.6. The number of fused-ring (bicyclic) bond motifs is 1. The van der Waals surface area contributed by atoms with E-state index >= 15 is 0 Å². The number of alkyl halides is 3. The zero-order valence-corrected chi connectivity index (χ0v) is 14.1. The number of anilines is 2. The molecule has 0 aliphatic heterocycles. The number of nitrogen functional groups attached to an aromatic ring is 1. The van der Waals surface area contributed by atoms with Gasteiger partial charge in [-0.2, -0.15) is 4.98 Å². The molecule has 0 aliphatic rings. The van der Waals surface area contributed by atoms with Gasteiger partial charge in [-0.25, -0.2) is 9.97 Å². The maximum Gasteiger partial charge on any atom is 0.573 e. The molecule has 3 rings (SSSR count). The molecule has 0 fully saturated rings. The van der Waals surface area contributed by atoms with E-state index in [4.69, 9.17) is 5.73 Å². The SMILES string of the molecule is Nc1nc(SCC(=O)Nc2ccc(O)c(OC(F)(F)F)c2)c2[nH]cnc2n1. The highest BCUT2D eigenvalue weighted by atomic mass is 32.2. The van der Waals surface area contributed by atoms with Gasteiger partial charge in [0.2, 0.25) is 11.9 Å². The smallest absolute Gasteiger partial charge is 0.504 e. The third-order valence-electron chi connectivity index (χ3n) is 3.08. The number of phenolic OH excluding ortho intramolecular Hbond substituents is 1. The van der Waals surface area contributed by atoms with Crippen molar-refractivity contribution in [2.45, 2.75) is 11.4 Å². The van der Waals surface area contributed by atoms with Crippen molar-refractivity contribution >= 4 is 40.5 Å². The molecule has 0 saturated heterocycles. The van der Waals surface area contributed by atoms with Crippen LogP contribution >= 0.6 is 11.8 Å². The van der Waals surface area contributed by atoms with E-state index in [9.17, 15) is 23.1 Å². The minimum absolute atomic E-state index is 0.00927. The number of nitrogens with one attached hydrogen (secondary N) is 2. The van der Waals surface area contributed by atoms with Crippen LogP contribution < -0.4 is 15.8 Å². The van der Waals surface area contributed by atoms with Crippen LogP contribution in [0.5, 0.6) is 11.5 Å². The molecule has 5 N–H and O–H groups in total. The number of nitrogens with two attached hydrogens (primary N) is 1. The Kier molecular flexibility index (Phi) is 4.94. The summed E-state index contributed by atoms with van der Waals surface area (Å²) in [5, 5.41) is 12.2. The van der Waals surface area contributed by atoms with Gasteiger partial charge in [0, 0.05) is 11.8 Å². The Bertz CT molecular complexity index is 994. The maximum absolute atomic E-state index is 12.3. The summed E-state index contributed by atoms with van der Waals surface area (Å²) in [6.07, 6.45) is -3.57. The van der Waals surface area contributed by atoms with Crippen LogP contribution in [0.25, 0.3) is 11.2 Å². The van der Waals surface area contributed by atoms with Crippen LogP contribution in [0, 0.1) is 0 Å². The Morgan fingerprint density at radius 2 is 2.15 bits per heavy atom. The Balaban J connectivity index is 1.67. The monoisotopic (exact) mass is 400 g/mol. The number of benzene rings is 1. The van der Waals surface area contributed by atoms with Crippen molar-refractivity contribution in [1.82, 2.24) is 19.9 Å². The van der Waals surface area contributed by atoms with Crippen molar-refractivity contribution in [1.29, 1.82) is 0 Å². The minimum Gasteiger partial charge on any atom is -0.504 e. The first-order valence-electron chi connectivity index (χ1n) is 7.19. The summed E-state index contributed by atoms with van der Waals surface area (Å²) in [6.45, 7) is 0. The number of halogens is 3. The van der Waals surface area contributed by atoms with Crippen LogP contribution in [-0.4, -0.2) is 43.1 Å². The number of aromatic hydroxyl groups is 1. The van der Waals surface area contributed by atoms with Gasteiger partial charge in [0.25, 0.3) is 0 Å². The van der Waals surface area contributed by atoms with E-state index in [1.807, 2.05) is 0 Å². The first-order chi connectivity index (χ1) is 12.7. The third-order valence-corrected chi connectivity index (χ3v) is 4.05. The zero-order chi connectivity index (χ0) is 19.6. The number of thioether (sulfide) groups is 1. The quantitative estimate of drug-likeness (QED) is 0.291. The number of carbonyl (C=O) groups is 1.